The Morgan fingerprint density at radius 3 is 2.40 bits per heavy atom. The van der Waals surface area contributed by atoms with Gasteiger partial charge in [0.15, 0.2) is 11.6 Å². The van der Waals surface area contributed by atoms with Gasteiger partial charge in [0.05, 0.1) is 11.3 Å². The van der Waals surface area contributed by atoms with E-state index < -0.39 is 35.4 Å². The molecule has 1 saturated heterocycles. The summed E-state index contributed by atoms with van der Waals surface area (Å²) in [6.07, 6.45) is 1.37. The van der Waals surface area contributed by atoms with Gasteiger partial charge in [-0.05, 0) is 23.8 Å². The molecule has 9 heteroatoms. The first-order chi connectivity index (χ1) is 14.3. The van der Waals surface area contributed by atoms with Gasteiger partial charge in [0.2, 0.25) is 0 Å². The minimum absolute atomic E-state index is 0.0300. The van der Waals surface area contributed by atoms with Crippen LogP contribution in [0.5, 0.6) is 0 Å². The van der Waals surface area contributed by atoms with Crippen LogP contribution in [0.25, 0.3) is 11.3 Å². The molecular formula is C21H17F3N4O2. The van der Waals surface area contributed by atoms with Crippen LogP contribution in [-0.4, -0.2) is 40.2 Å². The summed E-state index contributed by atoms with van der Waals surface area (Å²) in [7, 11) is 0. The number of aromatic carboxylic acids is 1. The molecule has 2 aromatic carbocycles. The minimum Gasteiger partial charge on any atom is -0.478 e. The molecule has 3 aromatic rings. The van der Waals surface area contributed by atoms with Crippen LogP contribution < -0.4 is 10.6 Å². The van der Waals surface area contributed by atoms with Gasteiger partial charge in [-0.1, -0.05) is 12.1 Å². The van der Waals surface area contributed by atoms with Crippen LogP contribution in [0.4, 0.5) is 19.0 Å². The van der Waals surface area contributed by atoms with E-state index in [1.807, 2.05) is 4.90 Å². The molecule has 6 nitrogen and oxygen atoms in total. The van der Waals surface area contributed by atoms with E-state index in [0.29, 0.717) is 29.7 Å². The lowest BCUT2D eigenvalue weighted by Gasteiger charge is -2.18. The number of benzene rings is 2. The summed E-state index contributed by atoms with van der Waals surface area (Å²) in [4.78, 5) is 21.3. The highest BCUT2D eigenvalue weighted by Gasteiger charge is 2.34. The molecule has 1 aromatic heterocycles. The number of hydrogen-bond donors (Lipinski definition) is 2. The number of hydrogen-bond acceptors (Lipinski definition) is 5. The molecule has 4 rings (SSSR count). The van der Waals surface area contributed by atoms with Crippen LogP contribution in [0.2, 0.25) is 0 Å². The van der Waals surface area contributed by atoms with Crippen molar-refractivity contribution in [2.24, 2.45) is 5.73 Å². The Morgan fingerprint density at radius 1 is 1.00 bits per heavy atom. The van der Waals surface area contributed by atoms with Crippen molar-refractivity contribution in [1.29, 1.82) is 0 Å². The molecule has 1 aliphatic rings. The summed E-state index contributed by atoms with van der Waals surface area (Å²) in [5.41, 5.74) is 7.64. The smallest absolute Gasteiger partial charge is 0.335 e. The normalized spacial score (nSPS) is 18.6. The van der Waals surface area contributed by atoms with E-state index in [0.717, 1.165) is 6.07 Å². The van der Waals surface area contributed by atoms with Crippen molar-refractivity contribution in [2.75, 3.05) is 18.0 Å². The second-order valence-electron chi connectivity index (χ2n) is 7.11. The van der Waals surface area contributed by atoms with Gasteiger partial charge in [-0.25, -0.2) is 27.9 Å². The van der Waals surface area contributed by atoms with E-state index in [4.69, 9.17) is 10.8 Å². The molecule has 1 aliphatic heterocycles. The standard InChI is InChI=1S/C21H17F3N4O2/c22-15-6-17(24)16(23)5-13(15)14-8-28(9-18(14)25)20-7-19(26-10-27-20)11-1-3-12(4-2-11)21(29)30/h1-7,10,14,18H,8-9,25H2,(H,29,30)/t14-,18+/m1/s1. The highest BCUT2D eigenvalue weighted by molar-refractivity contribution is 5.88. The third kappa shape index (κ3) is 3.71. The first kappa shape index (κ1) is 19.8. The fourth-order valence-corrected chi connectivity index (χ4v) is 3.63. The van der Waals surface area contributed by atoms with Crippen LogP contribution in [0.1, 0.15) is 21.8 Å². The average Bonchev–Trinajstić information content (AvgIpc) is 3.12. The molecule has 30 heavy (non-hydrogen) atoms. The predicted molar refractivity (Wildman–Crippen MR) is 104 cm³/mol. The second kappa shape index (κ2) is 7.75. The number of rotatable bonds is 4. The molecule has 0 amide bonds. The maximum atomic E-state index is 14.2. The number of anilines is 1. The lowest BCUT2D eigenvalue weighted by atomic mass is 9.94. The fraction of sp³-hybridized carbons (Fsp3) is 0.190. The van der Waals surface area contributed by atoms with Crippen LogP contribution in [0.3, 0.4) is 0 Å². The van der Waals surface area contributed by atoms with Crippen molar-refractivity contribution in [3.8, 4) is 11.3 Å². The summed E-state index contributed by atoms with van der Waals surface area (Å²) in [6.45, 7) is 0.620. The molecular weight excluding hydrogens is 397 g/mol. The monoisotopic (exact) mass is 414 g/mol. The summed E-state index contributed by atoms with van der Waals surface area (Å²) in [5, 5.41) is 9.01. The van der Waals surface area contributed by atoms with Gasteiger partial charge >= 0.3 is 5.97 Å². The Labute approximate surface area is 169 Å². The Kier molecular flexibility index (Phi) is 5.13. The number of halogens is 3. The number of nitrogens with zero attached hydrogens (tertiary/aromatic N) is 3. The van der Waals surface area contributed by atoms with Crippen LogP contribution in [0, 0.1) is 17.5 Å². The summed E-state index contributed by atoms with van der Waals surface area (Å²) >= 11 is 0. The third-order valence-corrected chi connectivity index (χ3v) is 5.21. The van der Waals surface area contributed by atoms with Crippen molar-refractivity contribution in [2.45, 2.75) is 12.0 Å². The predicted octanol–water partition coefficient (Wildman–Crippen LogP) is 3.19. The van der Waals surface area contributed by atoms with Gasteiger partial charge in [-0.3, -0.25) is 0 Å². The Balaban J connectivity index is 1.59. The molecule has 1 fully saturated rings. The first-order valence-electron chi connectivity index (χ1n) is 9.14. The molecule has 2 atom stereocenters. The molecule has 2 heterocycles. The van der Waals surface area contributed by atoms with Gasteiger partial charge in [0.1, 0.15) is 18.0 Å². The number of aromatic nitrogens is 2. The van der Waals surface area contributed by atoms with E-state index in [1.54, 1.807) is 18.2 Å². The highest BCUT2D eigenvalue weighted by Crippen LogP contribution is 2.32. The van der Waals surface area contributed by atoms with Crippen molar-refractivity contribution >= 4 is 11.8 Å². The number of carbonyl (C=O) groups is 1. The van der Waals surface area contributed by atoms with Crippen molar-refractivity contribution in [3.05, 3.63) is 77.4 Å². The molecule has 0 spiro atoms. The quantitative estimate of drug-likeness (QED) is 0.637. The van der Waals surface area contributed by atoms with Crippen LogP contribution >= 0.6 is 0 Å². The Morgan fingerprint density at radius 2 is 1.70 bits per heavy atom. The third-order valence-electron chi connectivity index (χ3n) is 5.21. The minimum atomic E-state index is -1.24. The first-order valence-corrected chi connectivity index (χ1v) is 9.14. The van der Waals surface area contributed by atoms with Crippen molar-refractivity contribution in [1.82, 2.24) is 9.97 Å². The van der Waals surface area contributed by atoms with E-state index in [1.165, 1.54) is 18.5 Å². The number of carboxylic acids is 1. The molecule has 0 unspecified atom stereocenters. The van der Waals surface area contributed by atoms with Crippen LogP contribution in [0.15, 0.2) is 48.8 Å². The van der Waals surface area contributed by atoms with E-state index in [-0.39, 0.29) is 17.7 Å². The fourth-order valence-electron chi connectivity index (χ4n) is 3.63. The van der Waals surface area contributed by atoms with E-state index in [2.05, 4.69) is 9.97 Å². The summed E-state index contributed by atoms with van der Waals surface area (Å²) < 4.78 is 41.1. The van der Waals surface area contributed by atoms with Gasteiger partial charge in [-0.2, -0.15) is 0 Å². The summed E-state index contributed by atoms with van der Waals surface area (Å²) in [6, 6.07) is 8.84. The second-order valence-corrected chi connectivity index (χ2v) is 7.11. The zero-order chi connectivity index (χ0) is 21.4. The van der Waals surface area contributed by atoms with E-state index in [9.17, 15) is 18.0 Å². The molecule has 3 N–H and O–H groups in total. The van der Waals surface area contributed by atoms with Gasteiger partial charge < -0.3 is 15.7 Å². The number of carboxylic acid groups (broad SMARTS) is 1. The number of nitrogens with two attached hydrogens (primary N) is 1. The lowest BCUT2D eigenvalue weighted by molar-refractivity contribution is 0.0697. The zero-order valence-corrected chi connectivity index (χ0v) is 15.6. The maximum absolute atomic E-state index is 14.2. The highest BCUT2D eigenvalue weighted by atomic mass is 19.2. The van der Waals surface area contributed by atoms with Crippen molar-refractivity contribution in [3.63, 3.8) is 0 Å². The molecule has 0 bridgehead atoms. The molecule has 154 valence electrons. The molecule has 0 saturated carbocycles. The van der Waals surface area contributed by atoms with E-state index >= 15 is 0 Å². The largest absolute Gasteiger partial charge is 0.478 e. The summed E-state index contributed by atoms with van der Waals surface area (Å²) in [5.74, 6) is -4.21. The molecule has 0 radical (unpaired) electrons. The topological polar surface area (TPSA) is 92.3 Å². The average molecular weight is 414 g/mol. The lowest BCUT2D eigenvalue weighted by Crippen LogP contribution is -2.29. The Hall–Kier alpha value is -3.46. The maximum Gasteiger partial charge on any atom is 0.335 e. The van der Waals surface area contributed by atoms with Gasteiger partial charge in [0.25, 0.3) is 0 Å². The molecule has 0 aliphatic carbocycles. The van der Waals surface area contributed by atoms with Crippen LogP contribution in [-0.2, 0) is 0 Å². The SMILES string of the molecule is N[C@H]1CN(c2cc(-c3ccc(C(=O)O)cc3)ncn2)C[C@@H]1c1cc(F)c(F)cc1F. The Bertz CT molecular complexity index is 1110. The van der Waals surface area contributed by atoms with Gasteiger partial charge in [-0.15, -0.1) is 0 Å². The van der Waals surface area contributed by atoms with Crippen molar-refractivity contribution < 1.29 is 23.1 Å². The zero-order valence-electron chi connectivity index (χ0n) is 15.6. The van der Waals surface area contributed by atoms with Gasteiger partial charge in [0, 0.05) is 42.7 Å².